The zero-order valence-corrected chi connectivity index (χ0v) is 18.2. The highest BCUT2D eigenvalue weighted by Crippen LogP contribution is 2.30. The van der Waals surface area contributed by atoms with Crippen molar-refractivity contribution in [2.45, 2.75) is 58.2 Å². The second-order valence-electron chi connectivity index (χ2n) is 8.70. The van der Waals surface area contributed by atoms with Gasteiger partial charge in [0, 0.05) is 32.3 Å². The number of fused-ring (bicyclic) bond motifs is 1. The molecule has 1 aromatic heterocycles. The third kappa shape index (κ3) is 5.10. The van der Waals surface area contributed by atoms with Crippen LogP contribution >= 0.6 is 0 Å². The molecule has 27 heavy (non-hydrogen) atoms. The molecule has 0 saturated carbocycles. The van der Waals surface area contributed by atoms with E-state index in [2.05, 4.69) is 48.3 Å². The summed E-state index contributed by atoms with van der Waals surface area (Å²) < 4.78 is 13.4. The van der Waals surface area contributed by atoms with Gasteiger partial charge in [-0.05, 0) is 36.4 Å². The first kappa shape index (κ1) is 19.9. The van der Waals surface area contributed by atoms with Crippen LogP contribution in [0.25, 0.3) is 10.9 Å². The molecule has 0 saturated heterocycles. The van der Waals surface area contributed by atoms with E-state index in [1.165, 1.54) is 5.56 Å². The molecule has 1 aliphatic heterocycles. The summed E-state index contributed by atoms with van der Waals surface area (Å²) in [7, 11) is 0.617. The first-order valence-corrected chi connectivity index (χ1v) is 13.5. The van der Waals surface area contributed by atoms with E-state index in [0.29, 0.717) is 18.7 Å². The Morgan fingerprint density at radius 1 is 1.30 bits per heavy atom. The summed E-state index contributed by atoms with van der Waals surface area (Å²) >= 11 is 0. The molecule has 0 radical (unpaired) electrons. The smallest absolute Gasteiger partial charge is 0.144 e. The van der Waals surface area contributed by atoms with Crippen LogP contribution in [0, 0.1) is 5.92 Å². The normalized spacial score (nSPS) is 20.0. The van der Waals surface area contributed by atoms with E-state index in [1.54, 1.807) is 7.11 Å². The number of rotatable bonds is 8. The highest BCUT2D eigenvalue weighted by molar-refractivity contribution is 6.76. The maximum atomic E-state index is 5.91. The predicted octanol–water partition coefficient (Wildman–Crippen LogP) is 3.88. The number of aromatic nitrogens is 2. The Balaban J connectivity index is 1.77. The lowest BCUT2D eigenvalue weighted by molar-refractivity contribution is 0.0814. The van der Waals surface area contributed by atoms with Gasteiger partial charge in [0.2, 0.25) is 0 Å². The van der Waals surface area contributed by atoms with Gasteiger partial charge in [-0.3, -0.25) is 0 Å². The molecule has 3 rings (SSSR count). The number of benzene rings is 1. The van der Waals surface area contributed by atoms with Crippen LogP contribution in [0.3, 0.4) is 0 Å². The second kappa shape index (κ2) is 8.44. The van der Waals surface area contributed by atoms with Gasteiger partial charge in [0.15, 0.2) is 0 Å². The van der Waals surface area contributed by atoms with Crippen LogP contribution in [0.4, 0.5) is 0 Å². The van der Waals surface area contributed by atoms with E-state index >= 15 is 0 Å². The molecule has 0 amide bonds. The fraction of sp³-hybridized carbons (Fsp3) is 0.600. The van der Waals surface area contributed by atoms with E-state index in [1.807, 2.05) is 23.2 Å². The molecule has 0 bridgehead atoms. The van der Waals surface area contributed by atoms with Gasteiger partial charge in [-0.1, -0.05) is 32.6 Å². The van der Waals surface area contributed by atoms with Crippen LogP contribution in [0.5, 0.6) is 5.75 Å². The van der Waals surface area contributed by atoms with Crippen LogP contribution in [-0.2, 0) is 17.9 Å². The van der Waals surface area contributed by atoms with E-state index in [-0.39, 0.29) is 0 Å². The van der Waals surface area contributed by atoms with Crippen molar-refractivity contribution < 1.29 is 9.47 Å². The van der Waals surface area contributed by atoms with Crippen LogP contribution in [-0.4, -0.2) is 43.8 Å². The third-order valence-corrected chi connectivity index (χ3v) is 6.70. The average molecular weight is 389 g/mol. The molecule has 1 aliphatic rings. The van der Waals surface area contributed by atoms with Crippen molar-refractivity contribution >= 4 is 25.2 Å². The fourth-order valence-corrected chi connectivity index (χ4v) is 4.18. The molecule has 148 valence electrons. The maximum absolute atomic E-state index is 5.91. The van der Waals surface area contributed by atoms with Gasteiger partial charge in [0.25, 0.3) is 0 Å². The van der Waals surface area contributed by atoms with E-state index < -0.39 is 8.07 Å². The summed E-state index contributed by atoms with van der Waals surface area (Å²) in [5.41, 5.74) is 5.52. The summed E-state index contributed by atoms with van der Waals surface area (Å²) in [5, 5.41) is 10.00. The summed E-state index contributed by atoms with van der Waals surface area (Å²) in [4.78, 5) is 0. The quantitative estimate of drug-likeness (QED) is 0.551. The minimum Gasteiger partial charge on any atom is -0.494 e. The number of nitrogens with zero attached hydrogens (tertiary/aromatic N) is 3. The number of ether oxygens (including phenoxy) is 2. The van der Waals surface area contributed by atoms with Gasteiger partial charge in [0.1, 0.15) is 18.0 Å². The summed E-state index contributed by atoms with van der Waals surface area (Å²) in [6, 6.07) is 5.68. The first-order chi connectivity index (χ1) is 12.9. The van der Waals surface area contributed by atoms with Crippen molar-refractivity contribution in [3.63, 3.8) is 0 Å². The highest BCUT2D eigenvalue weighted by Gasteiger charge is 2.20. The summed E-state index contributed by atoms with van der Waals surface area (Å²) in [6.07, 6.45) is 5.93. The van der Waals surface area contributed by atoms with Gasteiger partial charge in [-0.25, -0.2) is 4.68 Å². The number of hydrogen-bond acceptors (Lipinski definition) is 5. The highest BCUT2D eigenvalue weighted by atomic mass is 28.3. The van der Waals surface area contributed by atoms with E-state index in [9.17, 15) is 0 Å². The number of nitrogens with one attached hydrogen (secondary N) is 1. The molecule has 2 aromatic rings. The largest absolute Gasteiger partial charge is 0.494 e. The van der Waals surface area contributed by atoms with Crippen LogP contribution in [0.2, 0.25) is 25.7 Å². The molecule has 7 heteroatoms. The molecular weight excluding hydrogens is 356 g/mol. The number of hydrogen-bond donors (Lipinski definition) is 1. The molecule has 1 aromatic carbocycles. The minimum absolute atomic E-state index is 0.345. The summed E-state index contributed by atoms with van der Waals surface area (Å²) in [5.74, 6) is 1.34. The zero-order valence-electron chi connectivity index (χ0n) is 17.2. The van der Waals surface area contributed by atoms with Crippen molar-refractivity contribution in [2.75, 3.05) is 13.7 Å². The minimum atomic E-state index is -1.09. The molecule has 0 aliphatic carbocycles. The monoisotopic (exact) mass is 388 g/mol. The zero-order chi connectivity index (χ0) is 19.4. The van der Waals surface area contributed by atoms with Gasteiger partial charge in [0.05, 0.1) is 13.3 Å². The van der Waals surface area contributed by atoms with E-state index in [4.69, 9.17) is 9.47 Å². The van der Waals surface area contributed by atoms with Crippen molar-refractivity contribution in [1.82, 2.24) is 15.2 Å². The molecule has 1 N–H and O–H groups in total. The second-order valence-corrected chi connectivity index (χ2v) is 14.3. The topological polar surface area (TPSA) is 60.7 Å². The molecule has 2 atom stereocenters. The van der Waals surface area contributed by atoms with Gasteiger partial charge < -0.3 is 14.9 Å². The molecule has 0 spiro atoms. The predicted molar refractivity (Wildman–Crippen MR) is 113 cm³/mol. The third-order valence-electron chi connectivity index (χ3n) is 4.99. The van der Waals surface area contributed by atoms with Crippen LogP contribution in [0.15, 0.2) is 23.4 Å². The van der Waals surface area contributed by atoms with Gasteiger partial charge in [-0.15, -0.1) is 0 Å². The molecule has 2 unspecified atom stereocenters. The van der Waals surface area contributed by atoms with Crippen molar-refractivity contribution in [2.24, 2.45) is 11.0 Å². The summed E-state index contributed by atoms with van der Waals surface area (Å²) in [6.45, 7) is 10.5. The molecule has 0 fully saturated rings. The van der Waals surface area contributed by atoms with Gasteiger partial charge >= 0.3 is 0 Å². The SMILES string of the molecule is COc1ccc(CC2CC(C)C=NN2)c2cnn(COCC[Si](C)(C)C)c12. The van der Waals surface area contributed by atoms with Crippen molar-refractivity contribution in [3.8, 4) is 5.75 Å². The lowest BCUT2D eigenvalue weighted by atomic mass is 9.95. The van der Waals surface area contributed by atoms with Crippen LogP contribution in [0.1, 0.15) is 18.9 Å². The number of hydrazone groups is 1. The Kier molecular flexibility index (Phi) is 6.21. The number of methoxy groups -OCH3 is 1. The average Bonchev–Trinajstić information content (AvgIpc) is 3.03. The Morgan fingerprint density at radius 3 is 2.81 bits per heavy atom. The van der Waals surface area contributed by atoms with Crippen LogP contribution < -0.4 is 10.2 Å². The Bertz CT molecular complexity index is 797. The van der Waals surface area contributed by atoms with Gasteiger partial charge in [-0.2, -0.15) is 10.2 Å². The fourth-order valence-electron chi connectivity index (χ4n) is 3.43. The van der Waals surface area contributed by atoms with E-state index in [0.717, 1.165) is 42.1 Å². The lowest BCUT2D eigenvalue weighted by Gasteiger charge is -2.23. The molecule has 6 nitrogen and oxygen atoms in total. The first-order valence-electron chi connectivity index (χ1n) is 9.75. The molecular formula is C20H32N4O2Si. The Hall–Kier alpha value is -1.86. The Morgan fingerprint density at radius 2 is 2.11 bits per heavy atom. The lowest BCUT2D eigenvalue weighted by Crippen LogP contribution is -2.33. The Labute approximate surface area is 162 Å². The maximum Gasteiger partial charge on any atom is 0.144 e. The molecule has 2 heterocycles. The van der Waals surface area contributed by atoms with Crippen molar-refractivity contribution in [1.29, 1.82) is 0 Å². The van der Waals surface area contributed by atoms with Crippen molar-refractivity contribution in [3.05, 3.63) is 23.9 Å². The standard InChI is InChI=1S/C20H32N4O2Si/c1-15-10-17(23-21-12-15)11-16-6-7-19(25-2)20-18(16)13-22-24(20)14-26-8-9-27(3,4)5/h6-7,12-13,15,17,23H,8-11,14H2,1-5H3.